The Morgan fingerprint density at radius 1 is 1.38 bits per heavy atom. The average molecular weight is 304 g/mol. The molecule has 0 spiro atoms. The molecule has 1 amide bonds. The molecule has 0 aliphatic rings. The standard InChI is InChI=1S/C14H12N2O4S/c17-12(18)4-3-9-5-7-21-11(9)8-16-14(20)10-2-1-6-15-13(10)19/h1-7H,8H2,(H,15,19)(H,16,20)(H,17,18)/b4-3+. The van der Waals surface area contributed by atoms with E-state index in [0.29, 0.717) is 0 Å². The van der Waals surface area contributed by atoms with Crippen molar-refractivity contribution in [2.24, 2.45) is 0 Å². The Labute approximate surface area is 123 Å². The molecule has 0 saturated carbocycles. The van der Waals surface area contributed by atoms with E-state index < -0.39 is 17.4 Å². The Bertz CT molecular complexity index is 745. The summed E-state index contributed by atoms with van der Waals surface area (Å²) < 4.78 is 0. The van der Waals surface area contributed by atoms with Crippen LogP contribution in [0.4, 0.5) is 0 Å². The zero-order valence-corrected chi connectivity index (χ0v) is 11.6. The largest absolute Gasteiger partial charge is 0.478 e. The molecule has 21 heavy (non-hydrogen) atoms. The molecule has 2 aromatic heterocycles. The number of pyridine rings is 1. The monoisotopic (exact) mass is 304 g/mol. The topological polar surface area (TPSA) is 99.3 Å². The van der Waals surface area contributed by atoms with Crippen molar-refractivity contribution in [2.75, 3.05) is 0 Å². The van der Waals surface area contributed by atoms with Crippen molar-refractivity contribution in [3.63, 3.8) is 0 Å². The second-order valence-corrected chi connectivity index (χ2v) is 5.07. The molecule has 2 rings (SSSR count). The summed E-state index contributed by atoms with van der Waals surface area (Å²) in [6.07, 6.45) is 3.96. The number of nitrogens with one attached hydrogen (secondary N) is 2. The van der Waals surface area contributed by atoms with Crippen molar-refractivity contribution in [3.8, 4) is 0 Å². The maximum atomic E-state index is 11.9. The van der Waals surface area contributed by atoms with Gasteiger partial charge in [-0.15, -0.1) is 11.3 Å². The summed E-state index contributed by atoms with van der Waals surface area (Å²) in [6, 6.07) is 4.78. The first-order chi connectivity index (χ1) is 10.1. The quantitative estimate of drug-likeness (QED) is 0.728. The van der Waals surface area contributed by atoms with Crippen molar-refractivity contribution in [2.45, 2.75) is 6.54 Å². The molecular formula is C14H12N2O4S. The third-order valence-electron chi connectivity index (χ3n) is 2.66. The van der Waals surface area contributed by atoms with Crippen LogP contribution in [0, 0.1) is 0 Å². The van der Waals surface area contributed by atoms with Crippen LogP contribution in [0.1, 0.15) is 20.8 Å². The molecule has 0 bridgehead atoms. The molecule has 108 valence electrons. The van der Waals surface area contributed by atoms with Gasteiger partial charge in [-0.05, 0) is 35.2 Å². The molecule has 0 unspecified atom stereocenters. The second kappa shape index (κ2) is 6.67. The van der Waals surface area contributed by atoms with Crippen LogP contribution in [0.15, 0.2) is 40.6 Å². The first-order valence-electron chi connectivity index (χ1n) is 6.01. The van der Waals surface area contributed by atoms with Crippen molar-refractivity contribution >= 4 is 29.3 Å². The summed E-state index contributed by atoms with van der Waals surface area (Å²) in [5.41, 5.74) is 0.313. The third-order valence-corrected chi connectivity index (χ3v) is 3.59. The van der Waals surface area contributed by atoms with Crippen LogP contribution in [0.3, 0.4) is 0 Å². The number of aliphatic carboxylic acids is 1. The van der Waals surface area contributed by atoms with Gasteiger partial charge in [0.1, 0.15) is 5.56 Å². The van der Waals surface area contributed by atoms with Crippen LogP contribution in [-0.4, -0.2) is 22.0 Å². The highest BCUT2D eigenvalue weighted by Gasteiger charge is 2.10. The summed E-state index contributed by atoms with van der Waals surface area (Å²) in [6.45, 7) is 0.226. The van der Waals surface area contributed by atoms with E-state index in [4.69, 9.17) is 5.11 Å². The highest BCUT2D eigenvalue weighted by atomic mass is 32.1. The molecule has 6 nitrogen and oxygen atoms in total. The van der Waals surface area contributed by atoms with E-state index in [-0.39, 0.29) is 12.1 Å². The number of carboxylic acids is 1. The molecule has 2 heterocycles. The molecule has 0 fully saturated rings. The number of hydrogen-bond donors (Lipinski definition) is 3. The first kappa shape index (κ1) is 14.7. The zero-order valence-electron chi connectivity index (χ0n) is 10.8. The van der Waals surface area contributed by atoms with E-state index in [2.05, 4.69) is 10.3 Å². The maximum absolute atomic E-state index is 11.9. The number of carboxylic acid groups (broad SMARTS) is 1. The lowest BCUT2D eigenvalue weighted by Gasteiger charge is -2.04. The van der Waals surface area contributed by atoms with Crippen LogP contribution in [-0.2, 0) is 11.3 Å². The van der Waals surface area contributed by atoms with E-state index in [1.165, 1.54) is 29.7 Å². The van der Waals surface area contributed by atoms with Gasteiger partial charge >= 0.3 is 5.97 Å². The smallest absolute Gasteiger partial charge is 0.328 e. The SMILES string of the molecule is O=C(O)/C=C/c1ccsc1CNC(=O)c1ccc[nH]c1=O. The Morgan fingerprint density at radius 2 is 2.19 bits per heavy atom. The van der Waals surface area contributed by atoms with Crippen LogP contribution >= 0.6 is 11.3 Å². The Kier molecular flexibility index (Phi) is 4.68. The van der Waals surface area contributed by atoms with Gasteiger partial charge in [-0.25, -0.2) is 4.79 Å². The van der Waals surface area contributed by atoms with Gasteiger partial charge in [-0.2, -0.15) is 0 Å². The molecule has 0 aromatic carbocycles. The fourth-order valence-electron chi connectivity index (χ4n) is 1.66. The molecule has 0 atom stereocenters. The van der Waals surface area contributed by atoms with Gasteiger partial charge in [0.2, 0.25) is 0 Å². The van der Waals surface area contributed by atoms with E-state index in [1.54, 1.807) is 17.5 Å². The minimum Gasteiger partial charge on any atom is -0.478 e. The lowest BCUT2D eigenvalue weighted by atomic mass is 10.2. The third kappa shape index (κ3) is 3.90. The number of aromatic amines is 1. The van der Waals surface area contributed by atoms with E-state index in [9.17, 15) is 14.4 Å². The Morgan fingerprint density at radius 3 is 2.90 bits per heavy atom. The van der Waals surface area contributed by atoms with Crippen LogP contribution in [0.2, 0.25) is 0 Å². The summed E-state index contributed by atoms with van der Waals surface area (Å²) in [4.78, 5) is 37.1. The number of H-pyrrole nitrogens is 1. The maximum Gasteiger partial charge on any atom is 0.328 e. The summed E-state index contributed by atoms with van der Waals surface area (Å²) in [5, 5.41) is 13.1. The molecule has 0 radical (unpaired) electrons. The number of amides is 1. The first-order valence-corrected chi connectivity index (χ1v) is 6.89. The van der Waals surface area contributed by atoms with Gasteiger partial charge in [0.15, 0.2) is 0 Å². The minimum atomic E-state index is -1.04. The number of thiophene rings is 1. The number of aromatic nitrogens is 1. The molecule has 2 aromatic rings. The lowest BCUT2D eigenvalue weighted by Crippen LogP contribution is -2.28. The summed E-state index contributed by atoms with van der Waals surface area (Å²) in [7, 11) is 0. The average Bonchev–Trinajstić information content (AvgIpc) is 2.90. The Balaban J connectivity index is 2.06. The van der Waals surface area contributed by atoms with Gasteiger partial charge in [0.25, 0.3) is 11.5 Å². The molecular weight excluding hydrogens is 292 g/mol. The highest BCUT2D eigenvalue weighted by molar-refractivity contribution is 7.10. The molecule has 7 heteroatoms. The second-order valence-electron chi connectivity index (χ2n) is 4.07. The summed E-state index contributed by atoms with van der Waals surface area (Å²) in [5.74, 6) is -1.51. The predicted molar refractivity (Wildman–Crippen MR) is 79.2 cm³/mol. The van der Waals surface area contributed by atoms with Crippen molar-refractivity contribution in [3.05, 3.63) is 62.2 Å². The number of carbonyl (C=O) groups excluding carboxylic acids is 1. The Hall–Kier alpha value is -2.67. The number of carbonyl (C=O) groups is 2. The number of rotatable bonds is 5. The van der Waals surface area contributed by atoms with Gasteiger partial charge in [-0.1, -0.05) is 0 Å². The lowest BCUT2D eigenvalue weighted by molar-refractivity contribution is -0.131. The van der Waals surface area contributed by atoms with Gasteiger partial charge < -0.3 is 15.4 Å². The van der Waals surface area contributed by atoms with Gasteiger partial charge in [-0.3, -0.25) is 9.59 Å². The highest BCUT2D eigenvalue weighted by Crippen LogP contribution is 2.18. The fraction of sp³-hybridized carbons (Fsp3) is 0.0714. The van der Waals surface area contributed by atoms with E-state index >= 15 is 0 Å². The number of hydrogen-bond acceptors (Lipinski definition) is 4. The van der Waals surface area contributed by atoms with Crippen molar-refractivity contribution in [1.82, 2.24) is 10.3 Å². The van der Waals surface area contributed by atoms with Gasteiger partial charge in [0.05, 0.1) is 6.54 Å². The van der Waals surface area contributed by atoms with Gasteiger partial charge in [0, 0.05) is 17.2 Å². The fourth-order valence-corrected chi connectivity index (χ4v) is 2.47. The van der Waals surface area contributed by atoms with Crippen molar-refractivity contribution in [1.29, 1.82) is 0 Å². The van der Waals surface area contributed by atoms with Crippen molar-refractivity contribution < 1.29 is 14.7 Å². The van der Waals surface area contributed by atoms with Crippen LogP contribution in [0.25, 0.3) is 6.08 Å². The molecule has 0 aliphatic heterocycles. The van der Waals surface area contributed by atoms with Crippen LogP contribution < -0.4 is 10.9 Å². The minimum absolute atomic E-state index is 0.0386. The zero-order chi connectivity index (χ0) is 15.2. The predicted octanol–water partition coefficient (Wildman–Crippen LogP) is 1.46. The molecule has 0 saturated heterocycles. The molecule has 0 aliphatic carbocycles. The van der Waals surface area contributed by atoms with E-state index in [1.807, 2.05) is 0 Å². The van der Waals surface area contributed by atoms with E-state index in [0.717, 1.165) is 16.5 Å². The summed E-state index contributed by atoms with van der Waals surface area (Å²) >= 11 is 1.40. The van der Waals surface area contributed by atoms with Crippen LogP contribution in [0.5, 0.6) is 0 Å². The normalized spacial score (nSPS) is 10.7. The molecule has 3 N–H and O–H groups in total.